The fourth-order valence-corrected chi connectivity index (χ4v) is 3.76. The van der Waals surface area contributed by atoms with Crippen molar-refractivity contribution in [2.45, 2.75) is 26.7 Å². The molecule has 8 nitrogen and oxygen atoms in total. The highest BCUT2D eigenvalue weighted by atomic mass is 16.5. The number of anilines is 2. The van der Waals surface area contributed by atoms with E-state index in [0.29, 0.717) is 43.2 Å². The van der Waals surface area contributed by atoms with Gasteiger partial charge < -0.3 is 15.0 Å². The third-order valence-electron chi connectivity index (χ3n) is 5.59. The summed E-state index contributed by atoms with van der Waals surface area (Å²) in [5.74, 6) is -0.727. The molecule has 2 aromatic carbocycles. The molecule has 0 atom stereocenters. The van der Waals surface area contributed by atoms with E-state index in [0.717, 1.165) is 11.1 Å². The molecule has 2 aliphatic rings. The molecule has 2 aliphatic heterocycles. The molecule has 0 radical (unpaired) electrons. The van der Waals surface area contributed by atoms with Crippen LogP contribution < -0.4 is 10.3 Å². The Bertz CT molecular complexity index is 1090. The zero-order chi connectivity index (χ0) is 22.7. The van der Waals surface area contributed by atoms with Gasteiger partial charge in [-0.05, 0) is 43.2 Å². The highest BCUT2D eigenvalue weighted by Crippen LogP contribution is 2.26. The molecule has 4 rings (SSSR count). The molecule has 1 fully saturated rings. The standard InChI is InChI=1S/C24H26N4O4/c1-16-7-8-17(2)21(15-16)28-22(29)10-9-20(26-28)23(30)25-19-6-4-3-5-18(19)24(31)27-11-13-32-14-12-27/h3-8,15H,9-14H2,1-2H3,(H,25,30). The molecule has 3 amide bonds. The number of benzene rings is 2. The van der Waals surface area contributed by atoms with Gasteiger partial charge in [0.15, 0.2) is 0 Å². The van der Waals surface area contributed by atoms with Gasteiger partial charge in [0.2, 0.25) is 5.91 Å². The number of amides is 3. The molecule has 2 aromatic rings. The van der Waals surface area contributed by atoms with Crippen molar-refractivity contribution < 1.29 is 19.1 Å². The van der Waals surface area contributed by atoms with Crippen LogP contribution in [0, 0.1) is 13.8 Å². The number of nitrogens with one attached hydrogen (secondary N) is 1. The fourth-order valence-electron chi connectivity index (χ4n) is 3.76. The number of nitrogens with zero attached hydrogens (tertiary/aromatic N) is 3. The van der Waals surface area contributed by atoms with Gasteiger partial charge in [0.1, 0.15) is 5.71 Å². The molecule has 8 heteroatoms. The van der Waals surface area contributed by atoms with Crippen molar-refractivity contribution in [3.8, 4) is 0 Å². The maximum atomic E-state index is 13.0. The topological polar surface area (TPSA) is 91.3 Å². The minimum Gasteiger partial charge on any atom is -0.378 e. The predicted octanol–water partition coefficient (Wildman–Crippen LogP) is 2.90. The van der Waals surface area contributed by atoms with Crippen molar-refractivity contribution in [3.63, 3.8) is 0 Å². The van der Waals surface area contributed by atoms with Gasteiger partial charge in [-0.15, -0.1) is 0 Å². The van der Waals surface area contributed by atoms with E-state index in [9.17, 15) is 14.4 Å². The van der Waals surface area contributed by atoms with Crippen LogP contribution in [0.25, 0.3) is 0 Å². The van der Waals surface area contributed by atoms with Gasteiger partial charge >= 0.3 is 0 Å². The fraction of sp³-hybridized carbons (Fsp3) is 0.333. The van der Waals surface area contributed by atoms with Crippen LogP contribution in [-0.2, 0) is 14.3 Å². The number of morpholine rings is 1. The third kappa shape index (κ3) is 4.55. The van der Waals surface area contributed by atoms with E-state index in [1.54, 1.807) is 29.2 Å². The lowest BCUT2D eigenvalue weighted by molar-refractivity contribution is -0.118. The monoisotopic (exact) mass is 434 g/mol. The molecule has 0 bridgehead atoms. The average molecular weight is 434 g/mol. The molecular formula is C24H26N4O4. The summed E-state index contributed by atoms with van der Waals surface area (Å²) in [6.07, 6.45) is 0.430. The van der Waals surface area contributed by atoms with Crippen molar-refractivity contribution in [1.82, 2.24) is 4.90 Å². The second-order valence-electron chi connectivity index (χ2n) is 7.95. The van der Waals surface area contributed by atoms with Crippen molar-refractivity contribution in [2.24, 2.45) is 5.10 Å². The Hall–Kier alpha value is -3.52. The molecule has 0 saturated carbocycles. The number of hydrogen-bond donors (Lipinski definition) is 1. The molecule has 0 aliphatic carbocycles. The van der Waals surface area contributed by atoms with E-state index in [1.807, 2.05) is 32.0 Å². The smallest absolute Gasteiger partial charge is 0.271 e. The zero-order valence-electron chi connectivity index (χ0n) is 18.3. The number of carbonyl (C=O) groups excluding carboxylic acids is 3. The SMILES string of the molecule is Cc1ccc(C)c(N2N=C(C(=O)Nc3ccccc3C(=O)N3CCOCC3)CCC2=O)c1. The van der Waals surface area contributed by atoms with Crippen LogP contribution in [0.15, 0.2) is 47.6 Å². The van der Waals surface area contributed by atoms with E-state index in [4.69, 9.17) is 4.74 Å². The summed E-state index contributed by atoms with van der Waals surface area (Å²) in [6.45, 7) is 5.87. The van der Waals surface area contributed by atoms with Gasteiger partial charge in [0.25, 0.3) is 11.8 Å². The zero-order valence-corrected chi connectivity index (χ0v) is 18.3. The van der Waals surface area contributed by atoms with E-state index >= 15 is 0 Å². The van der Waals surface area contributed by atoms with Gasteiger partial charge in [0.05, 0.1) is 30.2 Å². The average Bonchev–Trinajstić information content (AvgIpc) is 2.81. The summed E-state index contributed by atoms with van der Waals surface area (Å²) in [5, 5.41) is 8.51. The van der Waals surface area contributed by atoms with Crippen molar-refractivity contribution in [3.05, 3.63) is 59.2 Å². The number of carbonyl (C=O) groups is 3. The van der Waals surface area contributed by atoms with E-state index in [1.165, 1.54) is 5.01 Å². The number of aryl methyl sites for hydroxylation is 2. The lowest BCUT2D eigenvalue weighted by Gasteiger charge is -2.28. The molecule has 0 aromatic heterocycles. The second-order valence-corrected chi connectivity index (χ2v) is 7.95. The molecule has 1 saturated heterocycles. The van der Waals surface area contributed by atoms with Gasteiger partial charge in [-0.3, -0.25) is 14.4 Å². The van der Waals surface area contributed by atoms with Crippen LogP contribution >= 0.6 is 0 Å². The van der Waals surface area contributed by atoms with Crippen LogP contribution in [-0.4, -0.2) is 54.6 Å². The summed E-state index contributed by atoms with van der Waals surface area (Å²) in [6, 6.07) is 12.7. The summed E-state index contributed by atoms with van der Waals surface area (Å²) < 4.78 is 5.32. The highest BCUT2D eigenvalue weighted by Gasteiger charge is 2.28. The normalized spacial score (nSPS) is 16.6. The molecular weight excluding hydrogens is 408 g/mol. The molecule has 32 heavy (non-hydrogen) atoms. The second kappa shape index (κ2) is 9.32. The minimum atomic E-state index is -0.421. The van der Waals surface area contributed by atoms with E-state index < -0.39 is 5.91 Å². The number of para-hydroxylation sites is 1. The molecule has 166 valence electrons. The van der Waals surface area contributed by atoms with Crippen LogP contribution in [0.3, 0.4) is 0 Å². The van der Waals surface area contributed by atoms with Crippen LogP contribution in [0.5, 0.6) is 0 Å². The van der Waals surface area contributed by atoms with E-state index in [2.05, 4.69) is 10.4 Å². The number of ether oxygens (including phenoxy) is 1. The van der Waals surface area contributed by atoms with Crippen LogP contribution in [0.1, 0.15) is 34.3 Å². The van der Waals surface area contributed by atoms with Crippen molar-refractivity contribution >= 4 is 34.8 Å². The summed E-state index contributed by atoms with van der Waals surface area (Å²) >= 11 is 0. The molecule has 0 spiro atoms. The predicted molar refractivity (Wildman–Crippen MR) is 122 cm³/mol. The van der Waals surface area contributed by atoms with Crippen molar-refractivity contribution in [1.29, 1.82) is 0 Å². The first-order valence-corrected chi connectivity index (χ1v) is 10.7. The van der Waals surface area contributed by atoms with E-state index in [-0.39, 0.29) is 30.4 Å². The Morgan fingerprint density at radius 1 is 1.03 bits per heavy atom. The Morgan fingerprint density at radius 3 is 2.56 bits per heavy atom. The highest BCUT2D eigenvalue weighted by molar-refractivity contribution is 6.44. The largest absolute Gasteiger partial charge is 0.378 e. The molecule has 1 N–H and O–H groups in total. The lowest BCUT2D eigenvalue weighted by atomic mass is 10.1. The first-order chi connectivity index (χ1) is 15.4. The summed E-state index contributed by atoms with van der Waals surface area (Å²) in [7, 11) is 0. The van der Waals surface area contributed by atoms with Crippen LogP contribution in [0.4, 0.5) is 11.4 Å². The Morgan fingerprint density at radius 2 is 1.78 bits per heavy atom. The number of rotatable bonds is 4. The van der Waals surface area contributed by atoms with Crippen LogP contribution in [0.2, 0.25) is 0 Å². The quantitative estimate of drug-likeness (QED) is 0.801. The van der Waals surface area contributed by atoms with Gasteiger partial charge in [-0.2, -0.15) is 5.10 Å². The number of hydrogen-bond acceptors (Lipinski definition) is 5. The first kappa shape index (κ1) is 21.7. The maximum absolute atomic E-state index is 13.0. The first-order valence-electron chi connectivity index (χ1n) is 10.7. The third-order valence-corrected chi connectivity index (χ3v) is 5.59. The van der Waals surface area contributed by atoms with Gasteiger partial charge in [-0.25, -0.2) is 5.01 Å². The Kier molecular flexibility index (Phi) is 6.32. The molecule has 0 unspecified atom stereocenters. The van der Waals surface area contributed by atoms with Crippen molar-refractivity contribution in [2.75, 3.05) is 36.6 Å². The minimum absolute atomic E-state index is 0.151. The summed E-state index contributed by atoms with van der Waals surface area (Å²) in [5.41, 5.74) is 3.66. The molecule has 2 heterocycles. The summed E-state index contributed by atoms with van der Waals surface area (Å²) in [4.78, 5) is 40.2. The maximum Gasteiger partial charge on any atom is 0.271 e. The lowest BCUT2D eigenvalue weighted by Crippen LogP contribution is -2.41. The Balaban J connectivity index is 1.57. The van der Waals surface area contributed by atoms with Gasteiger partial charge in [-0.1, -0.05) is 24.3 Å². The van der Waals surface area contributed by atoms with Gasteiger partial charge in [0, 0.05) is 25.9 Å². The number of hydrazone groups is 1. The Labute approximate surface area is 186 Å².